The second-order valence-electron chi connectivity index (χ2n) is 6.04. The van der Waals surface area contributed by atoms with Crippen LogP contribution in [0.1, 0.15) is 12.0 Å². The molecule has 0 saturated carbocycles. The van der Waals surface area contributed by atoms with E-state index >= 15 is 0 Å². The van der Waals surface area contributed by atoms with Crippen molar-refractivity contribution in [2.75, 3.05) is 27.2 Å². The Bertz CT molecular complexity index is 774. The van der Waals surface area contributed by atoms with Crippen LogP contribution in [-0.2, 0) is 16.6 Å². The van der Waals surface area contributed by atoms with Crippen molar-refractivity contribution in [1.29, 1.82) is 0 Å². The average molecular weight is 319 g/mol. The predicted octanol–water partition coefficient (Wildman–Crippen LogP) is 1.91. The van der Waals surface area contributed by atoms with Crippen LogP contribution in [0, 0.1) is 5.92 Å². The molecular formula is C16H21N3O2S. The molecule has 22 heavy (non-hydrogen) atoms. The van der Waals surface area contributed by atoms with Crippen molar-refractivity contribution < 1.29 is 8.42 Å². The molecule has 6 heteroatoms. The van der Waals surface area contributed by atoms with Crippen molar-refractivity contribution >= 4 is 21.1 Å². The zero-order valence-corrected chi connectivity index (χ0v) is 13.8. The summed E-state index contributed by atoms with van der Waals surface area (Å²) in [5.74, 6) is 0.379. The fraction of sp³-hybridized carbons (Fsp3) is 0.438. The zero-order valence-electron chi connectivity index (χ0n) is 12.9. The highest BCUT2D eigenvalue weighted by molar-refractivity contribution is 7.86. The summed E-state index contributed by atoms with van der Waals surface area (Å²) in [6.07, 6.45) is 3.62. The summed E-state index contributed by atoms with van der Waals surface area (Å²) in [6.45, 7) is 1.21. The van der Waals surface area contributed by atoms with E-state index in [-0.39, 0.29) is 0 Å². The SMILES string of the molecule is CN(C)S(=O)(=O)N1CCC(Cc2ccc3ncccc3c2)C1. The van der Waals surface area contributed by atoms with Gasteiger partial charge in [0.25, 0.3) is 10.2 Å². The fourth-order valence-corrected chi connectivity index (χ4v) is 4.19. The molecule has 2 heterocycles. The molecule has 0 amide bonds. The second-order valence-corrected chi connectivity index (χ2v) is 8.18. The van der Waals surface area contributed by atoms with E-state index in [4.69, 9.17) is 0 Å². The van der Waals surface area contributed by atoms with Crippen LogP contribution in [0.4, 0.5) is 0 Å². The Kier molecular flexibility index (Phi) is 4.16. The molecule has 1 saturated heterocycles. The summed E-state index contributed by atoms with van der Waals surface area (Å²) in [5, 5.41) is 1.13. The highest BCUT2D eigenvalue weighted by Crippen LogP contribution is 2.25. The van der Waals surface area contributed by atoms with Gasteiger partial charge in [-0.15, -0.1) is 0 Å². The summed E-state index contributed by atoms with van der Waals surface area (Å²) < 4.78 is 27.2. The Balaban J connectivity index is 1.71. The zero-order chi connectivity index (χ0) is 15.7. The van der Waals surface area contributed by atoms with E-state index in [0.717, 1.165) is 23.7 Å². The second kappa shape index (κ2) is 5.95. The lowest BCUT2D eigenvalue weighted by molar-refractivity contribution is 0.409. The van der Waals surface area contributed by atoms with Gasteiger partial charge in [0.2, 0.25) is 0 Å². The van der Waals surface area contributed by atoms with Gasteiger partial charge in [0.15, 0.2) is 0 Å². The molecule has 3 rings (SSSR count). The van der Waals surface area contributed by atoms with E-state index in [1.807, 2.05) is 12.1 Å². The maximum Gasteiger partial charge on any atom is 0.281 e. The van der Waals surface area contributed by atoms with Crippen LogP contribution in [0.25, 0.3) is 10.9 Å². The molecule has 0 N–H and O–H groups in total. The van der Waals surface area contributed by atoms with Gasteiger partial charge in [-0.2, -0.15) is 17.0 Å². The summed E-state index contributed by atoms with van der Waals surface area (Å²) in [6, 6.07) is 10.3. The molecule has 0 spiro atoms. The Hall–Kier alpha value is -1.50. The van der Waals surface area contributed by atoms with Crippen molar-refractivity contribution in [3.05, 3.63) is 42.1 Å². The van der Waals surface area contributed by atoms with Crippen LogP contribution >= 0.6 is 0 Å². The quantitative estimate of drug-likeness (QED) is 0.865. The van der Waals surface area contributed by atoms with E-state index in [1.54, 1.807) is 24.6 Å². The third-order valence-electron chi connectivity index (χ3n) is 4.23. The number of hydrogen-bond acceptors (Lipinski definition) is 3. The number of rotatable bonds is 4. The molecule has 1 aromatic carbocycles. The van der Waals surface area contributed by atoms with Gasteiger partial charge in [-0.05, 0) is 42.5 Å². The van der Waals surface area contributed by atoms with Gasteiger partial charge in [0.05, 0.1) is 5.52 Å². The minimum atomic E-state index is -3.28. The van der Waals surface area contributed by atoms with Gasteiger partial charge >= 0.3 is 0 Å². The molecule has 1 unspecified atom stereocenters. The lowest BCUT2D eigenvalue weighted by Gasteiger charge is -2.20. The number of benzene rings is 1. The van der Waals surface area contributed by atoms with E-state index in [0.29, 0.717) is 19.0 Å². The third-order valence-corrected chi connectivity index (χ3v) is 6.14. The van der Waals surface area contributed by atoms with Crippen LogP contribution in [0.2, 0.25) is 0 Å². The topological polar surface area (TPSA) is 53.5 Å². The smallest absolute Gasteiger partial charge is 0.256 e. The van der Waals surface area contributed by atoms with E-state index < -0.39 is 10.2 Å². The first-order valence-corrected chi connectivity index (χ1v) is 8.88. The van der Waals surface area contributed by atoms with Gasteiger partial charge in [0, 0.05) is 38.8 Å². The number of hydrogen-bond donors (Lipinski definition) is 0. The lowest BCUT2D eigenvalue weighted by Crippen LogP contribution is -2.38. The highest BCUT2D eigenvalue weighted by Gasteiger charge is 2.32. The highest BCUT2D eigenvalue weighted by atomic mass is 32.2. The summed E-state index contributed by atoms with van der Waals surface area (Å²) in [5.41, 5.74) is 2.24. The molecule has 118 valence electrons. The van der Waals surface area contributed by atoms with Crippen LogP contribution < -0.4 is 0 Å². The Morgan fingerprint density at radius 2 is 2.14 bits per heavy atom. The Morgan fingerprint density at radius 3 is 2.91 bits per heavy atom. The number of pyridine rings is 1. The molecule has 0 bridgehead atoms. The summed E-state index contributed by atoms with van der Waals surface area (Å²) in [4.78, 5) is 4.32. The largest absolute Gasteiger partial charge is 0.281 e. The van der Waals surface area contributed by atoms with Crippen molar-refractivity contribution in [2.45, 2.75) is 12.8 Å². The molecule has 0 aliphatic carbocycles. The number of nitrogens with zero attached hydrogens (tertiary/aromatic N) is 3. The van der Waals surface area contributed by atoms with Gasteiger partial charge in [-0.25, -0.2) is 0 Å². The Morgan fingerprint density at radius 1 is 1.32 bits per heavy atom. The molecule has 5 nitrogen and oxygen atoms in total. The molecule has 0 radical (unpaired) electrons. The fourth-order valence-electron chi connectivity index (χ4n) is 2.99. The number of fused-ring (bicyclic) bond motifs is 1. The summed E-state index contributed by atoms with van der Waals surface area (Å²) >= 11 is 0. The van der Waals surface area contributed by atoms with Crippen LogP contribution in [0.3, 0.4) is 0 Å². The van der Waals surface area contributed by atoms with Crippen LogP contribution in [0.5, 0.6) is 0 Å². The molecule has 1 fully saturated rings. The van der Waals surface area contributed by atoms with Crippen LogP contribution in [-0.4, -0.2) is 49.2 Å². The van der Waals surface area contributed by atoms with Gasteiger partial charge in [-0.1, -0.05) is 12.1 Å². The van der Waals surface area contributed by atoms with Crippen molar-refractivity contribution in [2.24, 2.45) is 5.92 Å². The van der Waals surface area contributed by atoms with Gasteiger partial charge in [-0.3, -0.25) is 4.98 Å². The summed E-state index contributed by atoms with van der Waals surface area (Å²) in [7, 11) is -0.115. The normalized spacial score (nSPS) is 20.0. The predicted molar refractivity (Wildman–Crippen MR) is 87.7 cm³/mol. The maximum absolute atomic E-state index is 12.1. The van der Waals surface area contributed by atoms with Crippen molar-refractivity contribution in [3.8, 4) is 0 Å². The van der Waals surface area contributed by atoms with E-state index in [2.05, 4.69) is 23.2 Å². The molecule has 1 aliphatic rings. The molecule has 1 atom stereocenters. The minimum Gasteiger partial charge on any atom is -0.256 e. The molecule has 1 aliphatic heterocycles. The monoisotopic (exact) mass is 319 g/mol. The third kappa shape index (κ3) is 2.99. The first-order chi connectivity index (χ1) is 10.5. The van der Waals surface area contributed by atoms with Gasteiger partial charge in [0.1, 0.15) is 0 Å². The van der Waals surface area contributed by atoms with Crippen LogP contribution in [0.15, 0.2) is 36.5 Å². The van der Waals surface area contributed by atoms with E-state index in [9.17, 15) is 8.42 Å². The van der Waals surface area contributed by atoms with Gasteiger partial charge < -0.3 is 0 Å². The lowest BCUT2D eigenvalue weighted by atomic mass is 9.97. The van der Waals surface area contributed by atoms with E-state index in [1.165, 1.54) is 9.87 Å². The number of aromatic nitrogens is 1. The standard InChI is InChI=1S/C16H21N3O2S/c1-18(2)22(20,21)19-9-7-14(12-19)10-13-5-6-16-15(11-13)4-3-8-17-16/h3-6,8,11,14H,7,9-10,12H2,1-2H3. The molecule has 2 aromatic rings. The first kappa shape index (κ1) is 15.4. The van der Waals surface area contributed by atoms with Crippen molar-refractivity contribution in [1.82, 2.24) is 13.6 Å². The van der Waals surface area contributed by atoms with Crippen molar-refractivity contribution in [3.63, 3.8) is 0 Å². The minimum absolute atomic E-state index is 0.379. The molecular weight excluding hydrogens is 298 g/mol. The average Bonchev–Trinajstić information content (AvgIpc) is 2.96. The molecule has 1 aromatic heterocycles. The first-order valence-electron chi connectivity index (χ1n) is 7.48. The maximum atomic E-state index is 12.1. The Labute approximate surface area is 131 Å².